The third kappa shape index (κ3) is 4.45. The summed E-state index contributed by atoms with van der Waals surface area (Å²) in [4.78, 5) is 15.1. The molecule has 0 aliphatic heterocycles. The number of para-hydroxylation sites is 3. The van der Waals surface area contributed by atoms with Crippen molar-refractivity contribution in [2.75, 3.05) is 0 Å². The molecule has 3 aromatic heterocycles. The molecule has 50 heavy (non-hydrogen) atoms. The molecular weight excluding hydrogens is 613 g/mol. The lowest BCUT2D eigenvalue weighted by atomic mass is 9.96. The number of furan rings is 1. The molecule has 234 valence electrons. The highest BCUT2D eigenvalue weighted by atomic mass is 16.3. The smallest absolute Gasteiger partial charge is 0.167 e. The van der Waals surface area contributed by atoms with Crippen LogP contribution in [-0.2, 0) is 0 Å². The molecule has 5 heteroatoms. The van der Waals surface area contributed by atoms with Gasteiger partial charge >= 0.3 is 0 Å². The lowest BCUT2D eigenvalue weighted by molar-refractivity contribution is 0.671. The van der Waals surface area contributed by atoms with E-state index in [1.165, 1.54) is 5.39 Å². The van der Waals surface area contributed by atoms with Crippen molar-refractivity contribution in [3.8, 4) is 51.0 Å². The monoisotopic (exact) mass is 640 g/mol. The van der Waals surface area contributed by atoms with E-state index < -0.39 is 0 Å². The molecule has 0 saturated heterocycles. The first-order valence-corrected chi connectivity index (χ1v) is 16.7. The van der Waals surface area contributed by atoms with Crippen LogP contribution in [0.5, 0.6) is 0 Å². The molecule has 0 amide bonds. The van der Waals surface area contributed by atoms with Gasteiger partial charge in [0.25, 0.3) is 0 Å². The molecule has 0 fully saturated rings. The number of rotatable bonds is 5. The summed E-state index contributed by atoms with van der Waals surface area (Å²) < 4.78 is 9.50. The van der Waals surface area contributed by atoms with Crippen molar-refractivity contribution in [1.82, 2.24) is 19.5 Å². The minimum Gasteiger partial charge on any atom is -0.453 e. The summed E-state index contributed by atoms with van der Waals surface area (Å²) in [6, 6.07) is 58.4. The molecule has 0 bridgehead atoms. The molecule has 0 saturated carbocycles. The van der Waals surface area contributed by atoms with E-state index in [1.54, 1.807) is 0 Å². The molecule has 10 aromatic rings. The maximum absolute atomic E-state index is 7.18. The predicted molar refractivity (Wildman–Crippen MR) is 203 cm³/mol. The van der Waals surface area contributed by atoms with Gasteiger partial charge < -0.3 is 8.98 Å². The zero-order chi connectivity index (χ0) is 33.0. The predicted octanol–water partition coefficient (Wildman–Crippen LogP) is 11.5. The van der Waals surface area contributed by atoms with Gasteiger partial charge in [-0.05, 0) is 41.5 Å². The molecule has 0 radical (unpaired) electrons. The second kappa shape index (κ2) is 11.4. The average Bonchev–Trinajstić information content (AvgIpc) is 3.75. The minimum atomic E-state index is 0.559. The van der Waals surface area contributed by atoms with E-state index in [1.807, 2.05) is 60.7 Å². The Hall–Kier alpha value is -6.85. The zero-order valence-corrected chi connectivity index (χ0v) is 26.9. The van der Waals surface area contributed by atoms with Crippen molar-refractivity contribution in [3.63, 3.8) is 0 Å². The summed E-state index contributed by atoms with van der Waals surface area (Å²) in [5.41, 5.74) is 9.68. The third-order valence-electron chi connectivity index (χ3n) is 9.44. The van der Waals surface area contributed by atoms with E-state index in [4.69, 9.17) is 19.4 Å². The second-order valence-electron chi connectivity index (χ2n) is 12.4. The number of nitrogens with zero attached hydrogens (tertiary/aromatic N) is 4. The molecule has 5 nitrogen and oxygen atoms in total. The van der Waals surface area contributed by atoms with Crippen LogP contribution in [0.25, 0.3) is 94.7 Å². The van der Waals surface area contributed by atoms with Crippen LogP contribution in [-0.4, -0.2) is 19.5 Å². The molecular formula is C45H28N4O. The Balaban J connectivity index is 1.34. The van der Waals surface area contributed by atoms with Crippen molar-refractivity contribution >= 4 is 43.7 Å². The van der Waals surface area contributed by atoms with Crippen molar-refractivity contribution < 1.29 is 4.42 Å². The summed E-state index contributed by atoms with van der Waals surface area (Å²) in [5.74, 6) is 1.78. The van der Waals surface area contributed by atoms with Gasteiger partial charge in [-0.2, -0.15) is 0 Å². The van der Waals surface area contributed by atoms with Gasteiger partial charge in [0.05, 0.1) is 16.6 Å². The fourth-order valence-electron chi connectivity index (χ4n) is 7.20. The average molecular weight is 641 g/mol. The molecule has 10 rings (SSSR count). The number of aromatic nitrogens is 4. The van der Waals surface area contributed by atoms with E-state index in [9.17, 15) is 0 Å². The lowest BCUT2D eigenvalue weighted by Gasteiger charge is -2.09. The highest BCUT2D eigenvalue weighted by Gasteiger charge is 2.24. The van der Waals surface area contributed by atoms with Crippen LogP contribution in [0.1, 0.15) is 0 Å². The van der Waals surface area contributed by atoms with Crippen LogP contribution in [0, 0.1) is 0 Å². The van der Waals surface area contributed by atoms with Crippen LogP contribution in [0.4, 0.5) is 0 Å². The van der Waals surface area contributed by atoms with Gasteiger partial charge in [0.15, 0.2) is 23.1 Å². The summed E-state index contributed by atoms with van der Waals surface area (Å²) in [7, 11) is 0. The van der Waals surface area contributed by atoms with E-state index in [2.05, 4.69) is 114 Å². The van der Waals surface area contributed by atoms with E-state index in [0.717, 1.165) is 71.9 Å². The number of fused-ring (bicyclic) bond motifs is 7. The van der Waals surface area contributed by atoms with Gasteiger partial charge in [-0.1, -0.05) is 140 Å². The number of hydrogen-bond acceptors (Lipinski definition) is 4. The minimum absolute atomic E-state index is 0.559. The van der Waals surface area contributed by atoms with E-state index >= 15 is 0 Å². The first-order valence-electron chi connectivity index (χ1n) is 16.7. The number of benzene rings is 7. The van der Waals surface area contributed by atoms with Crippen LogP contribution >= 0.6 is 0 Å². The Morgan fingerprint density at radius 1 is 0.400 bits per heavy atom. The topological polar surface area (TPSA) is 56.7 Å². The van der Waals surface area contributed by atoms with Crippen LogP contribution in [0.3, 0.4) is 0 Å². The molecule has 3 heterocycles. The van der Waals surface area contributed by atoms with Gasteiger partial charge in [0.2, 0.25) is 0 Å². The van der Waals surface area contributed by atoms with Crippen molar-refractivity contribution in [3.05, 3.63) is 170 Å². The van der Waals surface area contributed by atoms with Gasteiger partial charge in [-0.25, -0.2) is 15.0 Å². The molecule has 0 spiro atoms. The van der Waals surface area contributed by atoms with Crippen molar-refractivity contribution in [1.29, 1.82) is 0 Å². The summed E-state index contributed by atoms with van der Waals surface area (Å²) >= 11 is 0. The maximum Gasteiger partial charge on any atom is 0.167 e. The van der Waals surface area contributed by atoms with Gasteiger partial charge in [0, 0.05) is 38.4 Å². The Morgan fingerprint density at radius 2 is 0.940 bits per heavy atom. The quantitative estimate of drug-likeness (QED) is 0.188. The largest absolute Gasteiger partial charge is 0.453 e. The van der Waals surface area contributed by atoms with E-state index in [0.29, 0.717) is 17.5 Å². The SMILES string of the molecule is c1ccc(-c2nc(-c3ccccc3)nc(-c3cccc4c3oc3c4c(-c4ccccc4)cc4c5ccccc5n(-c5ccccc5)c43)n2)cc1. The Labute approximate surface area is 287 Å². The van der Waals surface area contributed by atoms with Crippen LogP contribution in [0.2, 0.25) is 0 Å². The highest BCUT2D eigenvalue weighted by molar-refractivity contribution is 6.26. The van der Waals surface area contributed by atoms with Crippen molar-refractivity contribution in [2.45, 2.75) is 0 Å². The Kier molecular flexibility index (Phi) is 6.42. The highest BCUT2D eigenvalue weighted by Crippen LogP contribution is 2.46. The molecule has 0 N–H and O–H groups in total. The molecule has 7 aromatic carbocycles. The van der Waals surface area contributed by atoms with Crippen LogP contribution < -0.4 is 0 Å². The summed E-state index contributed by atoms with van der Waals surface area (Å²) in [5, 5.41) is 4.37. The van der Waals surface area contributed by atoms with E-state index in [-0.39, 0.29) is 0 Å². The lowest BCUT2D eigenvalue weighted by Crippen LogP contribution is -2.00. The van der Waals surface area contributed by atoms with Crippen LogP contribution in [0.15, 0.2) is 174 Å². The standard InChI is InChI=1S/C45H28N4O/c1-5-16-29(17-6-1)36-28-37-33-24-13-14-27-38(33)49(32-22-11-4-12-23-32)40(37)42-39(36)34-25-15-26-35(41(34)50-42)45-47-43(30-18-7-2-8-19-30)46-44(48-45)31-20-9-3-10-21-31/h1-28H. The summed E-state index contributed by atoms with van der Waals surface area (Å²) in [6.45, 7) is 0. The Bertz CT molecular complexity index is 2780. The first-order chi connectivity index (χ1) is 24.8. The zero-order valence-electron chi connectivity index (χ0n) is 26.9. The molecule has 0 aliphatic carbocycles. The second-order valence-corrected chi connectivity index (χ2v) is 12.4. The fourth-order valence-corrected chi connectivity index (χ4v) is 7.20. The van der Waals surface area contributed by atoms with Gasteiger partial charge in [-0.3, -0.25) is 0 Å². The summed E-state index contributed by atoms with van der Waals surface area (Å²) in [6.07, 6.45) is 0. The van der Waals surface area contributed by atoms with Gasteiger partial charge in [-0.15, -0.1) is 0 Å². The third-order valence-corrected chi connectivity index (χ3v) is 9.44. The fraction of sp³-hybridized carbons (Fsp3) is 0. The Morgan fingerprint density at radius 3 is 1.60 bits per heavy atom. The molecule has 0 aliphatic rings. The normalized spacial score (nSPS) is 11.6. The maximum atomic E-state index is 7.18. The molecule has 0 unspecified atom stereocenters. The first kappa shape index (κ1) is 28.2. The number of hydrogen-bond donors (Lipinski definition) is 0. The van der Waals surface area contributed by atoms with Crippen molar-refractivity contribution in [2.24, 2.45) is 0 Å². The van der Waals surface area contributed by atoms with Gasteiger partial charge in [0.1, 0.15) is 5.58 Å². The molecule has 0 atom stereocenters.